The van der Waals surface area contributed by atoms with Gasteiger partial charge in [-0.15, -0.1) is 0 Å². The summed E-state index contributed by atoms with van der Waals surface area (Å²) >= 11 is 0. The summed E-state index contributed by atoms with van der Waals surface area (Å²) in [6.07, 6.45) is 0.985. The molecule has 3 N–H and O–H groups in total. The second-order valence-corrected chi connectivity index (χ2v) is 5.25. The van der Waals surface area contributed by atoms with Crippen molar-refractivity contribution in [2.75, 3.05) is 0 Å². The standard InChI is InChI=1S/C13H18N2/c1-9-5-4-6-10(7-9)13(11(14)15)8-12(13,2)3/h4-7H,8H2,1-3H3,(H3,14,15). The molecule has 1 aliphatic carbocycles. The van der Waals surface area contributed by atoms with Gasteiger partial charge in [-0.1, -0.05) is 43.7 Å². The SMILES string of the molecule is Cc1cccc(C2(C(=N)N)CC2(C)C)c1. The van der Waals surface area contributed by atoms with Crippen LogP contribution in [0.3, 0.4) is 0 Å². The van der Waals surface area contributed by atoms with Crippen molar-refractivity contribution >= 4 is 5.84 Å². The van der Waals surface area contributed by atoms with Crippen molar-refractivity contribution in [2.24, 2.45) is 11.1 Å². The summed E-state index contributed by atoms with van der Waals surface area (Å²) in [4.78, 5) is 0. The highest BCUT2D eigenvalue weighted by Crippen LogP contribution is 2.64. The monoisotopic (exact) mass is 202 g/mol. The molecule has 1 aromatic carbocycles. The summed E-state index contributed by atoms with van der Waals surface area (Å²) in [6, 6.07) is 8.36. The Morgan fingerprint density at radius 3 is 2.40 bits per heavy atom. The normalized spacial score (nSPS) is 27.4. The first-order valence-corrected chi connectivity index (χ1v) is 5.32. The maximum atomic E-state index is 7.80. The number of hydrogen-bond acceptors (Lipinski definition) is 1. The molecule has 0 aliphatic heterocycles. The molecule has 2 rings (SSSR count). The van der Waals surface area contributed by atoms with Gasteiger partial charge in [0.1, 0.15) is 5.84 Å². The third kappa shape index (κ3) is 1.28. The lowest BCUT2D eigenvalue weighted by Crippen LogP contribution is -2.32. The van der Waals surface area contributed by atoms with Crippen LogP contribution < -0.4 is 5.73 Å². The molecule has 80 valence electrons. The van der Waals surface area contributed by atoms with Crippen molar-refractivity contribution in [2.45, 2.75) is 32.6 Å². The molecule has 15 heavy (non-hydrogen) atoms. The number of rotatable bonds is 2. The topological polar surface area (TPSA) is 49.9 Å². The van der Waals surface area contributed by atoms with E-state index >= 15 is 0 Å². The van der Waals surface area contributed by atoms with Gasteiger partial charge in [0.15, 0.2) is 0 Å². The van der Waals surface area contributed by atoms with Crippen LogP contribution in [-0.4, -0.2) is 5.84 Å². The highest BCUT2D eigenvalue weighted by molar-refractivity contribution is 5.94. The van der Waals surface area contributed by atoms with Gasteiger partial charge in [0.2, 0.25) is 0 Å². The van der Waals surface area contributed by atoms with E-state index < -0.39 is 0 Å². The fourth-order valence-electron chi connectivity index (χ4n) is 2.64. The van der Waals surface area contributed by atoms with Crippen LogP contribution in [0.25, 0.3) is 0 Å². The Kier molecular flexibility index (Phi) is 1.94. The van der Waals surface area contributed by atoms with Crippen molar-refractivity contribution in [1.29, 1.82) is 5.41 Å². The number of benzene rings is 1. The highest BCUT2D eigenvalue weighted by Gasteiger charge is 2.64. The molecule has 0 bridgehead atoms. The molecule has 1 atom stereocenters. The molecule has 0 aromatic heterocycles. The molecule has 1 unspecified atom stereocenters. The average molecular weight is 202 g/mol. The molecule has 2 nitrogen and oxygen atoms in total. The zero-order valence-corrected chi connectivity index (χ0v) is 9.59. The van der Waals surface area contributed by atoms with Crippen LogP contribution in [0, 0.1) is 17.7 Å². The van der Waals surface area contributed by atoms with Crippen LogP contribution in [-0.2, 0) is 5.41 Å². The molecule has 1 aromatic rings. The van der Waals surface area contributed by atoms with E-state index in [9.17, 15) is 0 Å². The van der Waals surface area contributed by atoms with Crippen LogP contribution in [0.15, 0.2) is 24.3 Å². The zero-order valence-electron chi connectivity index (χ0n) is 9.59. The average Bonchev–Trinajstić information content (AvgIpc) is 2.71. The van der Waals surface area contributed by atoms with Crippen LogP contribution in [0.4, 0.5) is 0 Å². The van der Waals surface area contributed by atoms with Gasteiger partial charge < -0.3 is 5.73 Å². The van der Waals surface area contributed by atoms with Gasteiger partial charge in [-0.3, -0.25) is 5.41 Å². The van der Waals surface area contributed by atoms with Gasteiger partial charge in [-0.2, -0.15) is 0 Å². The summed E-state index contributed by atoms with van der Waals surface area (Å²) in [5.41, 5.74) is 8.12. The van der Waals surface area contributed by atoms with E-state index in [4.69, 9.17) is 11.1 Å². The quantitative estimate of drug-likeness (QED) is 0.562. The highest BCUT2D eigenvalue weighted by atomic mass is 14.8. The van der Waals surface area contributed by atoms with Crippen molar-refractivity contribution in [3.05, 3.63) is 35.4 Å². The fourth-order valence-corrected chi connectivity index (χ4v) is 2.64. The predicted octanol–water partition coefficient (Wildman–Crippen LogP) is 2.60. The molecule has 0 amide bonds. The lowest BCUT2D eigenvalue weighted by molar-refractivity contribution is 0.577. The lowest BCUT2D eigenvalue weighted by Gasteiger charge is -2.20. The summed E-state index contributed by atoms with van der Waals surface area (Å²) in [7, 11) is 0. The van der Waals surface area contributed by atoms with Gasteiger partial charge in [0.25, 0.3) is 0 Å². The van der Waals surface area contributed by atoms with Crippen LogP contribution in [0.2, 0.25) is 0 Å². The van der Waals surface area contributed by atoms with E-state index in [1.807, 2.05) is 6.07 Å². The molecule has 0 spiro atoms. The number of aryl methyl sites for hydroxylation is 1. The minimum absolute atomic E-state index is 0.132. The van der Waals surface area contributed by atoms with E-state index in [0.29, 0.717) is 5.84 Å². The Labute approximate surface area is 91.0 Å². The van der Waals surface area contributed by atoms with Crippen molar-refractivity contribution in [3.63, 3.8) is 0 Å². The van der Waals surface area contributed by atoms with Crippen LogP contribution in [0.5, 0.6) is 0 Å². The number of hydrogen-bond donors (Lipinski definition) is 2. The maximum Gasteiger partial charge on any atom is 0.102 e. The molecule has 1 aliphatic rings. The van der Waals surface area contributed by atoms with Gasteiger partial charge in [-0.25, -0.2) is 0 Å². The maximum absolute atomic E-state index is 7.80. The third-order valence-electron chi connectivity index (χ3n) is 3.71. The van der Waals surface area contributed by atoms with E-state index in [1.165, 1.54) is 11.1 Å². The van der Waals surface area contributed by atoms with Crippen molar-refractivity contribution < 1.29 is 0 Å². The summed E-state index contributed by atoms with van der Waals surface area (Å²) in [5, 5.41) is 7.80. The zero-order chi connectivity index (χ0) is 11.3. The fraction of sp³-hybridized carbons (Fsp3) is 0.462. The van der Waals surface area contributed by atoms with E-state index in [2.05, 4.69) is 39.0 Å². The van der Waals surface area contributed by atoms with Gasteiger partial charge in [0, 0.05) is 0 Å². The smallest absolute Gasteiger partial charge is 0.102 e. The van der Waals surface area contributed by atoms with Gasteiger partial charge >= 0.3 is 0 Å². The third-order valence-corrected chi connectivity index (χ3v) is 3.71. The summed E-state index contributed by atoms with van der Waals surface area (Å²) < 4.78 is 0. The number of amidine groups is 1. The second kappa shape index (κ2) is 2.84. The van der Waals surface area contributed by atoms with Crippen molar-refractivity contribution in [1.82, 2.24) is 0 Å². The molecule has 0 heterocycles. The molecule has 0 radical (unpaired) electrons. The Morgan fingerprint density at radius 2 is 2.00 bits per heavy atom. The van der Waals surface area contributed by atoms with E-state index in [1.54, 1.807) is 0 Å². The molecule has 1 fully saturated rings. The molecular formula is C13H18N2. The Hall–Kier alpha value is -1.31. The lowest BCUT2D eigenvalue weighted by atomic mass is 9.86. The first-order chi connectivity index (χ1) is 6.90. The predicted molar refractivity (Wildman–Crippen MR) is 63.2 cm³/mol. The Balaban J connectivity index is 2.50. The Morgan fingerprint density at radius 1 is 1.40 bits per heavy atom. The minimum atomic E-state index is -0.209. The van der Waals surface area contributed by atoms with Crippen LogP contribution >= 0.6 is 0 Å². The molecular weight excluding hydrogens is 184 g/mol. The molecule has 2 heteroatoms. The Bertz CT molecular complexity index is 420. The minimum Gasteiger partial charge on any atom is -0.387 e. The van der Waals surface area contributed by atoms with Crippen molar-refractivity contribution in [3.8, 4) is 0 Å². The summed E-state index contributed by atoms with van der Waals surface area (Å²) in [5.74, 6) is 0.304. The second-order valence-electron chi connectivity index (χ2n) is 5.25. The van der Waals surface area contributed by atoms with E-state index in [0.717, 1.165) is 6.42 Å². The van der Waals surface area contributed by atoms with Gasteiger partial charge in [0.05, 0.1) is 5.41 Å². The largest absolute Gasteiger partial charge is 0.387 e. The van der Waals surface area contributed by atoms with Gasteiger partial charge in [-0.05, 0) is 24.3 Å². The van der Waals surface area contributed by atoms with E-state index in [-0.39, 0.29) is 10.8 Å². The molecule has 1 saturated carbocycles. The summed E-state index contributed by atoms with van der Waals surface area (Å²) in [6.45, 7) is 6.43. The van der Waals surface area contributed by atoms with Crippen LogP contribution in [0.1, 0.15) is 31.4 Å². The first-order valence-electron chi connectivity index (χ1n) is 5.32. The first kappa shape index (κ1) is 10.2. The molecule has 0 saturated heterocycles. The number of nitrogens with one attached hydrogen (secondary N) is 1. The number of nitrogens with two attached hydrogens (primary N) is 1.